The summed E-state index contributed by atoms with van der Waals surface area (Å²) in [7, 11) is -3.28. The number of sulfone groups is 1. The lowest BCUT2D eigenvalue weighted by molar-refractivity contribution is 0.0732. The fraction of sp³-hybridized carbons (Fsp3) is 0.235. The van der Waals surface area contributed by atoms with Crippen LogP contribution in [0.15, 0.2) is 41.3 Å². The summed E-state index contributed by atoms with van der Waals surface area (Å²) >= 11 is 0. The van der Waals surface area contributed by atoms with E-state index >= 15 is 0 Å². The van der Waals surface area contributed by atoms with Crippen molar-refractivity contribution in [1.82, 2.24) is 0 Å². The van der Waals surface area contributed by atoms with E-state index in [9.17, 15) is 13.2 Å². The van der Waals surface area contributed by atoms with Gasteiger partial charge in [0.25, 0.3) is 0 Å². The topological polar surface area (TPSA) is 60.4 Å². The van der Waals surface area contributed by atoms with Crippen molar-refractivity contribution in [1.29, 1.82) is 0 Å². The summed E-state index contributed by atoms with van der Waals surface area (Å²) in [5.41, 5.74) is 3.15. The van der Waals surface area contributed by atoms with Crippen LogP contribution in [0.5, 0.6) is 5.75 Å². The van der Waals surface area contributed by atoms with Crippen molar-refractivity contribution in [2.75, 3.05) is 6.26 Å². The van der Waals surface area contributed by atoms with E-state index in [2.05, 4.69) is 0 Å². The molecule has 0 aliphatic heterocycles. The molecule has 0 amide bonds. The molecular formula is C17H18O4S. The first kappa shape index (κ1) is 16.2. The number of hydrogen-bond donors (Lipinski definition) is 0. The highest BCUT2D eigenvalue weighted by molar-refractivity contribution is 7.90. The molecule has 0 aromatic heterocycles. The minimum Gasteiger partial charge on any atom is -0.422 e. The SMILES string of the molecule is Cc1ccc(C)c(OC(=O)c2ccc(S(C)(=O)=O)cc2)c1C. The lowest BCUT2D eigenvalue weighted by atomic mass is 10.1. The van der Waals surface area contributed by atoms with Crippen LogP contribution in [0.2, 0.25) is 0 Å². The minimum atomic E-state index is -3.28. The third-order valence-corrected chi connectivity index (χ3v) is 4.71. The van der Waals surface area contributed by atoms with E-state index in [-0.39, 0.29) is 4.90 Å². The number of esters is 1. The van der Waals surface area contributed by atoms with Crippen LogP contribution in [0.3, 0.4) is 0 Å². The largest absolute Gasteiger partial charge is 0.422 e. The molecule has 0 aliphatic rings. The Kier molecular flexibility index (Phi) is 4.37. The van der Waals surface area contributed by atoms with Gasteiger partial charge in [-0.1, -0.05) is 12.1 Å². The molecule has 22 heavy (non-hydrogen) atoms. The standard InChI is InChI=1S/C17H18O4S/c1-11-5-6-12(2)16(13(11)3)21-17(18)14-7-9-15(10-8-14)22(4,19)20/h5-10H,1-4H3. The first-order valence-electron chi connectivity index (χ1n) is 6.79. The molecule has 0 unspecified atom stereocenters. The average molecular weight is 318 g/mol. The molecular weight excluding hydrogens is 300 g/mol. The molecule has 2 rings (SSSR count). The number of carbonyl (C=O) groups is 1. The van der Waals surface area contributed by atoms with Crippen molar-refractivity contribution in [3.63, 3.8) is 0 Å². The van der Waals surface area contributed by atoms with Crippen molar-refractivity contribution in [2.45, 2.75) is 25.7 Å². The molecule has 5 heteroatoms. The number of rotatable bonds is 3. The van der Waals surface area contributed by atoms with E-state index in [1.54, 1.807) is 0 Å². The second kappa shape index (κ2) is 5.93. The summed E-state index contributed by atoms with van der Waals surface area (Å²) in [6.07, 6.45) is 1.12. The fourth-order valence-electron chi connectivity index (χ4n) is 2.07. The van der Waals surface area contributed by atoms with Crippen molar-refractivity contribution in [3.05, 3.63) is 58.7 Å². The van der Waals surface area contributed by atoms with Crippen LogP contribution in [0.4, 0.5) is 0 Å². The highest BCUT2D eigenvalue weighted by atomic mass is 32.2. The summed E-state index contributed by atoms with van der Waals surface area (Å²) in [6.45, 7) is 5.73. The van der Waals surface area contributed by atoms with Gasteiger partial charge in [0.15, 0.2) is 9.84 Å². The Hall–Kier alpha value is -2.14. The summed E-state index contributed by atoms with van der Waals surface area (Å²) in [5.74, 6) is 0.0500. The van der Waals surface area contributed by atoms with Crippen LogP contribution >= 0.6 is 0 Å². The molecule has 2 aromatic carbocycles. The van der Waals surface area contributed by atoms with Gasteiger partial charge in [-0.15, -0.1) is 0 Å². The number of hydrogen-bond acceptors (Lipinski definition) is 4. The van der Waals surface area contributed by atoms with Crippen LogP contribution in [0, 0.1) is 20.8 Å². The number of carbonyl (C=O) groups excluding carboxylic acids is 1. The van der Waals surface area contributed by atoms with E-state index in [1.807, 2.05) is 32.9 Å². The molecule has 0 N–H and O–H groups in total. The van der Waals surface area contributed by atoms with Gasteiger partial charge in [-0.3, -0.25) is 0 Å². The first-order valence-corrected chi connectivity index (χ1v) is 8.68. The van der Waals surface area contributed by atoms with Gasteiger partial charge in [0.1, 0.15) is 5.75 Å². The van der Waals surface area contributed by atoms with Crippen LogP contribution in [-0.2, 0) is 9.84 Å². The minimum absolute atomic E-state index is 0.173. The molecule has 0 radical (unpaired) electrons. The van der Waals surface area contributed by atoms with Gasteiger partial charge >= 0.3 is 5.97 Å². The van der Waals surface area contributed by atoms with Gasteiger partial charge in [-0.05, 0) is 61.7 Å². The zero-order chi connectivity index (χ0) is 16.5. The lowest BCUT2D eigenvalue weighted by Crippen LogP contribution is -2.11. The Morgan fingerprint density at radius 1 is 0.909 bits per heavy atom. The second-order valence-electron chi connectivity index (χ2n) is 5.34. The molecule has 2 aromatic rings. The Morgan fingerprint density at radius 3 is 2.00 bits per heavy atom. The van der Waals surface area contributed by atoms with Crippen LogP contribution in [-0.4, -0.2) is 20.6 Å². The quantitative estimate of drug-likeness (QED) is 0.644. The van der Waals surface area contributed by atoms with Gasteiger partial charge < -0.3 is 4.74 Å². The van der Waals surface area contributed by atoms with E-state index in [0.717, 1.165) is 22.9 Å². The lowest BCUT2D eigenvalue weighted by Gasteiger charge is -2.12. The van der Waals surface area contributed by atoms with Crippen molar-refractivity contribution in [3.8, 4) is 5.75 Å². The third-order valence-electron chi connectivity index (χ3n) is 3.59. The zero-order valence-corrected chi connectivity index (χ0v) is 13.8. The van der Waals surface area contributed by atoms with Gasteiger partial charge in [-0.25, -0.2) is 13.2 Å². The maximum absolute atomic E-state index is 12.2. The summed E-state index contributed by atoms with van der Waals surface area (Å²) in [4.78, 5) is 12.4. The first-order chi connectivity index (χ1) is 10.2. The summed E-state index contributed by atoms with van der Waals surface area (Å²) in [5, 5.41) is 0. The van der Waals surface area contributed by atoms with E-state index < -0.39 is 15.8 Å². The van der Waals surface area contributed by atoms with Gasteiger partial charge in [0.2, 0.25) is 0 Å². The molecule has 116 valence electrons. The fourth-order valence-corrected chi connectivity index (χ4v) is 2.70. The summed E-state index contributed by atoms with van der Waals surface area (Å²) in [6, 6.07) is 9.60. The maximum atomic E-state index is 12.2. The molecule has 0 fully saturated rings. The predicted molar refractivity (Wildman–Crippen MR) is 85.2 cm³/mol. The molecule has 0 bridgehead atoms. The predicted octanol–water partition coefficient (Wildman–Crippen LogP) is 3.23. The normalized spacial score (nSPS) is 11.3. The Labute approximate surface area is 130 Å². The van der Waals surface area contributed by atoms with Crippen molar-refractivity contribution < 1.29 is 17.9 Å². The number of aryl methyl sites for hydroxylation is 2. The molecule has 0 saturated heterocycles. The maximum Gasteiger partial charge on any atom is 0.343 e. The van der Waals surface area contributed by atoms with E-state index in [1.165, 1.54) is 24.3 Å². The summed E-state index contributed by atoms with van der Waals surface area (Å²) < 4.78 is 28.3. The Morgan fingerprint density at radius 2 is 1.45 bits per heavy atom. The molecule has 0 heterocycles. The van der Waals surface area contributed by atoms with E-state index in [0.29, 0.717) is 11.3 Å². The molecule has 4 nitrogen and oxygen atoms in total. The van der Waals surface area contributed by atoms with Gasteiger partial charge in [-0.2, -0.15) is 0 Å². The van der Waals surface area contributed by atoms with Gasteiger partial charge in [0, 0.05) is 6.26 Å². The van der Waals surface area contributed by atoms with Crippen molar-refractivity contribution in [2.24, 2.45) is 0 Å². The average Bonchev–Trinajstić information content (AvgIpc) is 2.46. The molecule has 0 saturated carbocycles. The number of benzene rings is 2. The highest BCUT2D eigenvalue weighted by Gasteiger charge is 2.14. The third kappa shape index (κ3) is 3.36. The van der Waals surface area contributed by atoms with Gasteiger partial charge in [0.05, 0.1) is 10.5 Å². The molecule has 0 aliphatic carbocycles. The zero-order valence-electron chi connectivity index (χ0n) is 13.0. The highest BCUT2D eigenvalue weighted by Crippen LogP contribution is 2.26. The van der Waals surface area contributed by atoms with Crippen molar-refractivity contribution >= 4 is 15.8 Å². The molecule has 0 atom stereocenters. The number of ether oxygens (including phenoxy) is 1. The molecule has 0 spiro atoms. The van der Waals surface area contributed by atoms with Crippen LogP contribution in [0.25, 0.3) is 0 Å². The Balaban J connectivity index is 2.29. The van der Waals surface area contributed by atoms with Crippen LogP contribution < -0.4 is 4.74 Å². The monoisotopic (exact) mass is 318 g/mol. The second-order valence-corrected chi connectivity index (χ2v) is 7.36. The smallest absolute Gasteiger partial charge is 0.343 e. The van der Waals surface area contributed by atoms with E-state index in [4.69, 9.17) is 4.74 Å². The van der Waals surface area contributed by atoms with Crippen LogP contribution in [0.1, 0.15) is 27.0 Å². The Bertz CT molecular complexity index is 818.